The van der Waals surface area contributed by atoms with Gasteiger partial charge in [-0.2, -0.15) is 0 Å². The lowest BCUT2D eigenvalue weighted by Gasteiger charge is -2.37. The highest BCUT2D eigenvalue weighted by Gasteiger charge is 2.29. The molecule has 110 valence electrons. The number of carbonyl (C=O) groups excluding carboxylic acids is 1. The van der Waals surface area contributed by atoms with Crippen LogP contribution in [-0.4, -0.2) is 30.0 Å². The molecule has 0 aliphatic heterocycles. The van der Waals surface area contributed by atoms with Gasteiger partial charge in [0.15, 0.2) is 0 Å². The Balaban J connectivity index is 2.42. The highest BCUT2D eigenvalue weighted by molar-refractivity contribution is 5.99. The third-order valence-electron chi connectivity index (χ3n) is 4.19. The fourth-order valence-electron chi connectivity index (χ4n) is 3.15. The summed E-state index contributed by atoms with van der Waals surface area (Å²) in [6.45, 7) is 3.82. The van der Waals surface area contributed by atoms with E-state index < -0.39 is 5.91 Å². The molecular formula is C15H24N4O. The molecule has 0 aromatic carbocycles. The van der Waals surface area contributed by atoms with Gasteiger partial charge in [0.25, 0.3) is 5.91 Å². The summed E-state index contributed by atoms with van der Waals surface area (Å²) in [6, 6.07) is 2.23. The van der Waals surface area contributed by atoms with Crippen LogP contribution in [0, 0.1) is 13.8 Å². The van der Waals surface area contributed by atoms with Crippen LogP contribution in [0.2, 0.25) is 0 Å². The minimum absolute atomic E-state index is 0.122. The van der Waals surface area contributed by atoms with E-state index in [-0.39, 0.29) is 12.1 Å². The minimum atomic E-state index is -0.429. The molecule has 1 amide bonds. The number of likely N-dealkylation sites (N-methyl/N-ethyl adjacent to an activating group) is 1. The van der Waals surface area contributed by atoms with E-state index in [0.29, 0.717) is 11.4 Å². The van der Waals surface area contributed by atoms with Crippen LogP contribution in [0.1, 0.15) is 47.3 Å². The Morgan fingerprint density at radius 2 is 2.00 bits per heavy atom. The molecule has 1 aliphatic rings. The molecule has 2 atom stereocenters. The van der Waals surface area contributed by atoms with Gasteiger partial charge in [-0.3, -0.25) is 4.79 Å². The SMILES string of the molecule is Cc1cc(C)c(C(N)=O)c(N(C)C2CCCCC2N)n1. The number of aryl methyl sites for hydroxylation is 2. The molecule has 1 aromatic heterocycles. The third kappa shape index (κ3) is 2.77. The molecule has 0 radical (unpaired) electrons. The van der Waals surface area contributed by atoms with Gasteiger partial charge >= 0.3 is 0 Å². The molecule has 0 bridgehead atoms. The van der Waals surface area contributed by atoms with Crippen LogP contribution in [0.5, 0.6) is 0 Å². The summed E-state index contributed by atoms with van der Waals surface area (Å²) in [6.07, 6.45) is 4.39. The Bertz CT molecular complexity index is 515. The highest BCUT2D eigenvalue weighted by Crippen LogP contribution is 2.28. The molecule has 1 heterocycles. The molecule has 5 heteroatoms. The summed E-state index contributed by atoms with van der Waals surface area (Å²) < 4.78 is 0. The van der Waals surface area contributed by atoms with Crippen molar-refractivity contribution in [3.63, 3.8) is 0 Å². The number of amides is 1. The van der Waals surface area contributed by atoms with Crippen LogP contribution in [0.25, 0.3) is 0 Å². The highest BCUT2D eigenvalue weighted by atomic mass is 16.1. The summed E-state index contributed by atoms with van der Waals surface area (Å²) >= 11 is 0. The Morgan fingerprint density at radius 3 is 2.60 bits per heavy atom. The van der Waals surface area contributed by atoms with E-state index >= 15 is 0 Å². The second-order valence-electron chi connectivity index (χ2n) is 5.77. The molecule has 1 fully saturated rings. The van der Waals surface area contributed by atoms with Gasteiger partial charge in [0.05, 0.1) is 5.56 Å². The Labute approximate surface area is 120 Å². The molecule has 20 heavy (non-hydrogen) atoms. The predicted molar refractivity (Wildman–Crippen MR) is 80.9 cm³/mol. The van der Waals surface area contributed by atoms with Gasteiger partial charge in [-0.15, -0.1) is 0 Å². The Hall–Kier alpha value is -1.62. The monoisotopic (exact) mass is 276 g/mol. The fourth-order valence-corrected chi connectivity index (χ4v) is 3.15. The lowest BCUT2D eigenvalue weighted by molar-refractivity contribution is 0.0999. The van der Waals surface area contributed by atoms with Crippen molar-refractivity contribution in [2.45, 2.75) is 51.6 Å². The van der Waals surface area contributed by atoms with E-state index in [0.717, 1.165) is 24.1 Å². The van der Waals surface area contributed by atoms with Crippen LogP contribution in [0.15, 0.2) is 6.07 Å². The summed E-state index contributed by atoms with van der Waals surface area (Å²) in [4.78, 5) is 18.3. The molecule has 4 N–H and O–H groups in total. The van der Waals surface area contributed by atoms with E-state index in [2.05, 4.69) is 4.98 Å². The first kappa shape index (κ1) is 14.8. The molecule has 2 unspecified atom stereocenters. The van der Waals surface area contributed by atoms with Crippen LogP contribution in [0.4, 0.5) is 5.82 Å². The largest absolute Gasteiger partial charge is 0.365 e. The summed E-state index contributed by atoms with van der Waals surface area (Å²) in [7, 11) is 1.96. The van der Waals surface area contributed by atoms with Gasteiger partial charge in [-0.05, 0) is 38.3 Å². The van der Waals surface area contributed by atoms with E-state index in [1.54, 1.807) is 0 Å². The second-order valence-corrected chi connectivity index (χ2v) is 5.77. The third-order valence-corrected chi connectivity index (χ3v) is 4.19. The molecular weight excluding hydrogens is 252 g/mol. The average molecular weight is 276 g/mol. The first-order valence-corrected chi connectivity index (χ1v) is 7.18. The van der Waals surface area contributed by atoms with E-state index in [9.17, 15) is 4.79 Å². The maximum Gasteiger partial charge on any atom is 0.252 e. The van der Waals surface area contributed by atoms with Gasteiger partial charge in [-0.1, -0.05) is 12.8 Å². The van der Waals surface area contributed by atoms with Crippen molar-refractivity contribution in [2.24, 2.45) is 11.5 Å². The zero-order valence-corrected chi connectivity index (χ0v) is 12.5. The van der Waals surface area contributed by atoms with Crippen LogP contribution in [0.3, 0.4) is 0 Å². The van der Waals surface area contributed by atoms with Gasteiger partial charge < -0.3 is 16.4 Å². The number of nitrogens with two attached hydrogens (primary N) is 2. The van der Waals surface area contributed by atoms with E-state index in [1.165, 1.54) is 12.8 Å². The number of primary amides is 1. The molecule has 1 saturated carbocycles. The quantitative estimate of drug-likeness (QED) is 0.876. The van der Waals surface area contributed by atoms with Gasteiger partial charge in [0.1, 0.15) is 5.82 Å². The van der Waals surface area contributed by atoms with Crippen LogP contribution >= 0.6 is 0 Å². The first-order valence-electron chi connectivity index (χ1n) is 7.18. The second kappa shape index (κ2) is 5.79. The zero-order valence-electron chi connectivity index (χ0n) is 12.5. The molecule has 0 saturated heterocycles. The van der Waals surface area contributed by atoms with Crippen LogP contribution < -0.4 is 16.4 Å². The van der Waals surface area contributed by atoms with E-state index in [1.807, 2.05) is 31.9 Å². The number of hydrogen-bond acceptors (Lipinski definition) is 4. The first-order chi connectivity index (χ1) is 9.41. The Kier molecular flexibility index (Phi) is 4.28. The number of carbonyl (C=O) groups is 1. The van der Waals surface area contributed by atoms with Crippen molar-refractivity contribution in [2.75, 3.05) is 11.9 Å². The van der Waals surface area contributed by atoms with Crippen molar-refractivity contribution in [1.82, 2.24) is 4.98 Å². The lowest BCUT2D eigenvalue weighted by Crippen LogP contribution is -2.49. The normalized spacial score (nSPS) is 22.6. The number of hydrogen-bond donors (Lipinski definition) is 2. The van der Waals surface area contributed by atoms with E-state index in [4.69, 9.17) is 11.5 Å². The maximum atomic E-state index is 11.7. The zero-order chi connectivity index (χ0) is 14.9. The average Bonchev–Trinajstić information content (AvgIpc) is 2.37. The van der Waals surface area contributed by atoms with Crippen LogP contribution in [-0.2, 0) is 0 Å². The number of anilines is 1. The molecule has 1 aliphatic carbocycles. The molecule has 0 spiro atoms. The standard InChI is InChI=1S/C15H24N4O/c1-9-8-10(2)18-15(13(9)14(17)20)19(3)12-7-5-4-6-11(12)16/h8,11-12H,4-7,16H2,1-3H3,(H2,17,20). The molecule has 1 aromatic rings. The summed E-state index contributed by atoms with van der Waals surface area (Å²) in [5.41, 5.74) is 14.0. The van der Waals surface area contributed by atoms with Crippen molar-refractivity contribution in [1.29, 1.82) is 0 Å². The lowest BCUT2D eigenvalue weighted by atomic mass is 9.89. The van der Waals surface area contributed by atoms with Crippen molar-refractivity contribution in [3.05, 3.63) is 22.9 Å². The molecule has 5 nitrogen and oxygen atoms in total. The number of pyridine rings is 1. The molecule has 2 rings (SSSR count). The van der Waals surface area contributed by atoms with Crippen molar-refractivity contribution < 1.29 is 4.79 Å². The number of nitrogens with zero attached hydrogens (tertiary/aromatic N) is 2. The summed E-state index contributed by atoms with van der Waals surface area (Å²) in [5.74, 6) is 0.235. The van der Waals surface area contributed by atoms with Crippen molar-refractivity contribution >= 4 is 11.7 Å². The van der Waals surface area contributed by atoms with Crippen molar-refractivity contribution in [3.8, 4) is 0 Å². The van der Waals surface area contributed by atoms with Gasteiger partial charge in [-0.25, -0.2) is 4.98 Å². The topological polar surface area (TPSA) is 85.2 Å². The maximum absolute atomic E-state index is 11.7. The Morgan fingerprint density at radius 1 is 1.35 bits per heavy atom. The predicted octanol–water partition coefficient (Wildman–Crippen LogP) is 1.50. The number of aromatic nitrogens is 1. The minimum Gasteiger partial charge on any atom is -0.365 e. The van der Waals surface area contributed by atoms with Gasteiger partial charge in [0, 0.05) is 24.8 Å². The number of rotatable bonds is 3. The fraction of sp³-hybridized carbons (Fsp3) is 0.600. The van der Waals surface area contributed by atoms with Gasteiger partial charge in [0.2, 0.25) is 0 Å². The smallest absolute Gasteiger partial charge is 0.252 e. The summed E-state index contributed by atoms with van der Waals surface area (Å²) in [5, 5.41) is 0.